The van der Waals surface area contributed by atoms with E-state index in [1.807, 2.05) is 69.3 Å². The monoisotopic (exact) mass is 345 g/mol. The summed E-state index contributed by atoms with van der Waals surface area (Å²) in [7, 11) is 0. The number of aromatic amines is 1. The van der Waals surface area contributed by atoms with E-state index in [9.17, 15) is 4.79 Å². The van der Waals surface area contributed by atoms with Crippen LogP contribution in [0, 0.1) is 20.8 Å². The van der Waals surface area contributed by atoms with Crippen molar-refractivity contribution < 1.29 is 4.79 Å². The smallest absolute Gasteiger partial charge is 0.257 e. The van der Waals surface area contributed by atoms with E-state index in [0.717, 1.165) is 27.9 Å². The highest BCUT2D eigenvalue weighted by atomic mass is 16.1. The highest BCUT2D eigenvalue weighted by Crippen LogP contribution is 2.20. The van der Waals surface area contributed by atoms with E-state index in [0.29, 0.717) is 17.3 Å². The van der Waals surface area contributed by atoms with Gasteiger partial charge in [0.1, 0.15) is 5.82 Å². The Bertz CT molecular complexity index is 1090. The molecule has 6 heteroatoms. The van der Waals surface area contributed by atoms with Gasteiger partial charge in [-0.05, 0) is 50.1 Å². The van der Waals surface area contributed by atoms with E-state index in [-0.39, 0.29) is 5.91 Å². The van der Waals surface area contributed by atoms with E-state index in [1.165, 1.54) is 0 Å². The zero-order valence-electron chi connectivity index (χ0n) is 14.9. The van der Waals surface area contributed by atoms with Crippen LogP contribution in [0.25, 0.3) is 17.0 Å². The summed E-state index contributed by atoms with van der Waals surface area (Å²) in [6.07, 6.45) is 0. The Morgan fingerprint density at radius 2 is 1.88 bits per heavy atom. The molecule has 130 valence electrons. The van der Waals surface area contributed by atoms with Crippen molar-refractivity contribution in [3.63, 3.8) is 0 Å². The average molecular weight is 345 g/mol. The van der Waals surface area contributed by atoms with Crippen LogP contribution in [0.3, 0.4) is 0 Å². The van der Waals surface area contributed by atoms with Crippen LogP contribution >= 0.6 is 0 Å². The molecule has 0 bridgehead atoms. The Kier molecular flexibility index (Phi) is 3.80. The van der Waals surface area contributed by atoms with Gasteiger partial charge in [0.25, 0.3) is 5.91 Å². The Morgan fingerprint density at radius 3 is 2.69 bits per heavy atom. The molecule has 0 aliphatic carbocycles. The predicted molar refractivity (Wildman–Crippen MR) is 102 cm³/mol. The molecule has 4 rings (SSSR count). The van der Waals surface area contributed by atoms with Crippen LogP contribution in [0.4, 0.5) is 5.82 Å². The van der Waals surface area contributed by atoms with Crippen molar-refractivity contribution in [2.45, 2.75) is 20.8 Å². The Morgan fingerprint density at radius 1 is 1.08 bits per heavy atom. The molecule has 0 radical (unpaired) electrons. The van der Waals surface area contributed by atoms with Gasteiger partial charge in [-0.25, -0.2) is 4.98 Å². The molecule has 26 heavy (non-hydrogen) atoms. The number of para-hydroxylation sites is 2. The molecule has 2 N–H and O–H groups in total. The maximum atomic E-state index is 12.8. The molecule has 2 heterocycles. The second kappa shape index (κ2) is 6.15. The molecular formula is C20H19N5O. The average Bonchev–Trinajstić information content (AvgIpc) is 3.20. The Labute approximate surface area is 150 Å². The number of H-pyrrole nitrogens is 1. The van der Waals surface area contributed by atoms with Gasteiger partial charge in [-0.3, -0.25) is 4.79 Å². The first-order valence-electron chi connectivity index (χ1n) is 8.42. The fourth-order valence-corrected chi connectivity index (χ4v) is 2.97. The van der Waals surface area contributed by atoms with Gasteiger partial charge in [0.05, 0.1) is 16.7 Å². The molecule has 0 saturated heterocycles. The molecule has 0 saturated carbocycles. The fraction of sp³-hybridized carbons (Fsp3) is 0.150. The normalized spacial score (nSPS) is 11.0. The number of fused-ring (bicyclic) bond motifs is 1. The molecule has 2 aromatic carbocycles. The lowest BCUT2D eigenvalue weighted by Gasteiger charge is -2.10. The molecule has 6 nitrogen and oxygen atoms in total. The zero-order chi connectivity index (χ0) is 18.3. The van der Waals surface area contributed by atoms with Gasteiger partial charge in [-0.15, -0.1) is 0 Å². The lowest BCUT2D eigenvalue weighted by Crippen LogP contribution is -2.17. The third-order valence-electron chi connectivity index (χ3n) is 4.50. The van der Waals surface area contributed by atoms with Crippen molar-refractivity contribution in [1.29, 1.82) is 0 Å². The molecule has 0 atom stereocenters. The number of nitrogens with one attached hydrogen (secondary N) is 2. The minimum atomic E-state index is -0.163. The van der Waals surface area contributed by atoms with E-state index in [4.69, 9.17) is 0 Å². The predicted octanol–water partition coefficient (Wildman–Crippen LogP) is 3.93. The van der Waals surface area contributed by atoms with E-state index < -0.39 is 0 Å². The maximum absolute atomic E-state index is 12.8. The summed E-state index contributed by atoms with van der Waals surface area (Å²) in [5.41, 5.74) is 5.27. The second-order valence-electron chi connectivity index (χ2n) is 6.36. The summed E-state index contributed by atoms with van der Waals surface area (Å²) in [6, 6.07) is 15.3. The van der Waals surface area contributed by atoms with Crippen molar-refractivity contribution in [2.24, 2.45) is 0 Å². The van der Waals surface area contributed by atoms with Gasteiger partial charge in [0.15, 0.2) is 0 Å². The SMILES string of the molecule is Cc1cc(NC(=O)c2cccc(C)c2C)n(-c2nc3ccccc3[nH]2)n1. The van der Waals surface area contributed by atoms with Crippen LogP contribution < -0.4 is 5.32 Å². The number of aromatic nitrogens is 4. The number of rotatable bonds is 3. The summed E-state index contributed by atoms with van der Waals surface area (Å²) in [4.78, 5) is 20.6. The largest absolute Gasteiger partial charge is 0.322 e. The minimum absolute atomic E-state index is 0.163. The number of carbonyl (C=O) groups excluding carboxylic acids is 1. The minimum Gasteiger partial charge on any atom is -0.322 e. The van der Waals surface area contributed by atoms with Crippen LogP contribution in [0.2, 0.25) is 0 Å². The standard InChI is InChI=1S/C20H19N5O/c1-12-7-6-8-15(14(12)3)19(26)23-18-11-13(2)24-25(18)20-21-16-9-4-5-10-17(16)22-20/h4-11H,1-3H3,(H,21,22)(H,23,26). The molecular weight excluding hydrogens is 326 g/mol. The highest BCUT2D eigenvalue weighted by Gasteiger charge is 2.16. The summed E-state index contributed by atoms with van der Waals surface area (Å²) in [5, 5.41) is 7.43. The first kappa shape index (κ1) is 16.1. The van der Waals surface area contributed by atoms with Crippen molar-refractivity contribution in [3.05, 3.63) is 70.9 Å². The van der Waals surface area contributed by atoms with E-state index in [1.54, 1.807) is 4.68 Å². The van der Waals surface area contributed by atoms with Crippen LogP contribution in [0.15, 0.2) is 48.5 Å². The second-order valence-corrected chi connectivity index (χ2v) is 6.36. The molecule has 0 fully saturated rings. The number of anilines is 1. The molecule has 0 unspecified atom stereocenters. The quantitative estimate of drug-likeness (QED) is 0.591. The van der Waals surface area contributed by atoms with Crippen molar-refractivity contribution in [2.75, 3.05) is 5.32 Å². The molecule has 4 aromatic rings. The number of carbonyl (C=O) groups is 1. The Hall–Kier alpha value is -3.41. The van der Waals surface area contributed by atoms with Gasteiger partial charge in [0.2, 0.25) is 5.95 Å². The van der Waals surface area contributed by atoms with Crippen LogP contribution in [0.5, 0.6) is 0 Å². The van der Waals surface area contributed by atoms with Crippen molar-refractivity contribution in [3.8, 4) is 5.95 Å². The lowest BCUT2D eigenvalue weighted by atomic mass is 10.0. The van der Waals surface area contributed by atoms with Crippen molar-refractivity contribution in [1.82, 2.24) is 19.7 Å². The van der Waals surface area contributed by atoms with Crippen LogP contribution in [0.1, 0.15) is 27.2 Å². The van der Waals surface area contributed by atoms with E-state index >= 15 is 0 Å². The number of hydrogen-bond acceptors (Lipinski definition) is 3. The third-order valence-corrected chi connectivity index (χ3v) is 4.50. The molecule has 1 amide bonds. The van der Waals surface area contributed by atoms with E-state index in [2.05, 4.69) is 20.4 Å². The maximum Gasteiger partial charge on any atom is 0.257 e. The van der Waals surface area contributed by atoms with Gasteiger partial charge in [-0.2, -0.15) is 9.78 Å². The number of aryl methyl sites for hydroxylation is 2. The van der Waals surface area contributed by atoms with Gasteiger partial charge in [-0.1, -0.05) is 24.3 Å². The van der Waals surface area contributed by atoms with Gasteiger partial charge in [0, 0.05) is 11.6 Å². The summed E-state index contributed by atoms with van der Waals surface area (Å²) < 4.78 is 1.62. The highest BCUT2D eigenvalue weighted by molar-refractivity contribution is 6.05. The Balaban J connectivity index is 1.72. The third kappa shape index (κ3) is 2.75. The number of hydrogen-bond donors (Lipinski definition) is 2. The summed E-state index contributed by atoms with van der Waals surface area (Å²) in [6.45, 7) is 5.83. The van der Waals surface area contributed by atoms with Gasteiger partial charge < -0.3 is 10.3 Å². The molecule has 0 aliphatic heterocycles. The summed E-state index contributed by atoms with van der Waals surface area (Å²) >= 11 is 0. The number of amides is 1. The lowest BCUT2D eigenvalue weighted by molar-refractivity contribution is 0.102. The van der Waals surface area contributed by atoms with Crippen LogP contribution in [-0.4, -0.2) is 25.7 Å². The van der Waals surface area contributed by atoms with Gasteiger partial charge >= 0.3 is 0 Å². The molecule has 2 aromatic heterocycles. The number of nitrogens with zero attached hydrogens (tertiary/aromatic N) is 3. The topological polar surface area (TPSA) is 75.6 Å². The fourth-order valence-electron chi connectivity index (χ4n) is 2.97. The first-order valence-corrected chi connectivity index (χ1v) is 8.42. The van der Waals surface area contributed by atoms with Crippen LogP contribution in [-0.2, 0) is 0 Å². The summed E-state index contributed by atoms with van der Waals surface area (Å²) in [5.74, 6) is 0.978. The number of imidazole rings is 1. The molecule has 0 spiro atoms. The van der Waals surface area contributed by atoms with Crippen molar-refractivity contribution >= 4 is 22.8 Å². The first-order chi connectivity index (χ1) is 12.5. The molecule has 0 aliphatic rings. The zero-order valence-corrected chi connectivity index (χ0v) is 14.9. The number of benzene rings is 2.